The van der Waals surface area contributed by atoms with Gasteiger partial charge in [-0.3, -0.25) is 14.6 Å². The van der Waals surface area contributed by atoms with Crippen LogP contribution < -0.4 is 9.47 Å². The van der Waals surface area contributed by atoms with Crippen LogP contribution in [0.5, 0.6) is 11.5 Å². The average Bonchev–Trinajstić information content (AvgIpc) is 3.05. The van der Waals surface area contributed by atoms with Gasteiger partial charge in [0.15, 0.2) is 0 Å². The number of methoxy groups -OCH3 is 3. The van der Waals surface area contributed by atoms with E-state index in [0.717, 1.165) is 30.9 Å². The van der Waals surface area contributed by atoms with E-state index in [1.807, 2.05) is 36.4 Å². The van der Waals surface area contributed by atoms with E-state index in [4.69, 9.17) is 14.2 Å². The van der Waals surface area contributed by atoms with Gasteiger partial charge in [-0.05, 0) is 48.2 Å². The molecule has 0 aromatic heterocycles. The number of nitrogens with zero attached hydrogens (tertiary/aromatic N) is 3. The van der Waals surface area contributed by atoms with Crippen molar-refractivity contribution in [3.63, 3.8) is 0 Å². The molecule has 2 heterocycles. The maximum atomic E-state index is 13.7. The van der Waals surface area contributed by atoms with Crippen molar-refractivity contribution in [1.82, 2.24) is 14.7 Å². The zero-order valence-corrected chi connectivity index (χ0v) is 20.2. The summed E-state index contributed by atoms with van der Waals surface area (Å²) < 4.78 is 15.8. The van der Waals surface area contributed by atoms with Crippen molar-refractivity contribution in [1.29, 1.82) is 0 Å². The van der Waals surface area contributed by atoms with Crippen molar-refractivity contribution in [2.24, 2.45) is 0 Å². The standard InChI is InChI=1S/C26H33N3O5/c1-32-16-15-29-25(31)28(19-21-5-4-6-23(17-21)34-3)24(30)26(29)11-13-27(14-12-26)18-20-7-9-22(33-2)10-8-20/h4-10,17H,11-16,18-19H2,1-3H3. The van der Waals surface area contributed by atoms with Gasteiger partial charge in [0.05, 0.1) is 27.4 Å². The molecule has 8 heteroatoms. The number of urea groups is 1. The lowest BCUT2D eigenvalue weighted by molar-refractivity contribution is -0.136. The molecule has 2 aliphatic rings. The van der Waals surface area contributed by atoms with Crippen LogP contribution in [0.1, 0.15) is 24.0 Å². The zero-order chi connectivity index (χ0) is 24.1. The molecule has 34 heavy (non-hydrogen) atoms. The minimum absolute atomic E-state index is 0.111. The predicted octanol–water partition coefficient (Wildman–Crippen LogP) is 3.15. The molecule has 4 rings (SSSR count). The van der Waals surface area contributed by atoms with Crippen molar-refractivity contribution in [2.75, 3.05) is 47.6 Å². The largest absolute Gasteiger partial charge is 0.497 e. The second-order valence-electron chi connectivity index (χ2n) is 8.83. The molecule has 0 aliphatic carbocycles. The molecule has 0 saturated carbocycles. The third-order valence-corrected chi connectivity index (χ3v) is 6.86. The lowest BCUT2D eigenvalue weighted by Crippen LogP contribution is -2.57. The van der Waals surface area contributed by atoms with Crippen LogP contribution in [-0.4, -0.2) is 79.7 Å². The van der Waals surface area contributed by atoms with Gasteiger partial charge in [-0.2, -0.15) is 0 Å². The molecule has 182 valence electrons. The summed E-state index contributed by atoms with van der Waals surface area (Å²) in [5.74, 6) is 1.43. The summed E-state index contributed by atoms with van der Waals surface area (Å²) in [5.41, 5.74) is 1.24. The van der Waals surface area contributed by atoms with E-state index in [0.29, 0.717) is 31.7 Å². The molecule has 2 aliphatic heterocycles. The van der Waals surface area contributed by atoms with Gasteiger partial charge in [-0.1, -0.05) is 24.3 Å². The van der Waals surface area contributed by atoms with E-state index in [-0.39, 0.29) is 18.5 Å². The molecule has 2 aromatic rings. The minimum atomic E-state index is -0.815. The van der Waals surface area contributed by atoms with Crippen LogP contribution >= 0.6 is 0 Å². The smallest absolute Gasteiger partial charge is 0.328 e. The van der Waals surface area contributed by atoms with Crippen LogP contribution in [0.3, 0.4) is 0 Å². The number of carbonyl (C=O) groups excluding carboxylic acids is 2. The fourth-order valence-corrected chi connectivity index (χ4v) is 4.92. The Labute approximate surface area is 201 Å². The summed E-state index contributed by atoms with van der Waals surface area (Å²) in [6.07, 6.45) is 1.21. The van der Waals surface area contributed by atoms with Crippen LogP contribution in [0, 0.1) is 0 Å². The summed E-state index contributed by atoms with van der Waals surface area (Å²) in [4.78, 5) is 32.6. The molecule has 8 nitrogen and oxygen atoms in total. The van der Waals surface area contributed by atoms with Gasteiger partial charge in [0.25, 0.3) is 5.91 Å². The van der Waals surface area contributed by atoms with E-state index >= 15 is 0 Å². The number of piperidine rings is 1. The van der Waals surface area contributed by atoms with E-state index in [1.165, 1.54) is 10.5 Å². The first kappa shape index (κ1) is 24.0. The van der Waals surface area contributed by atoms with Crippen LogP contribution in [0.2, 0.25) is 0 Å². The SMILES string of the molecule is COCCN1C(=O)N(Cc2cccc(OC)c2)C(=O)C12CCN(Cc1ccc(OC)cc1)CC2. The Morgan fingerprint density at radius 2 is 1.56 bits per heavy atom. The topological polar surface area (TPSA) is 71.6 Å². The molecule has 2 aromatic carbocycles. The number of likely N-dealkylation sites (tertiary alicyclic amines) is 1. The average molecular weight is 468 g/mol. The molecule has 2 fully saturated rings. The van der Waals surface area contributed by atoms with Crippen LogP contribution in [0.25, 0.3) is 0 Å². The highest BCUT2D eigenvalue weighted by Gasteiger charge is 2.57. The Morgan fingerprint density at radius 3 is 2.21 bits per heavy atom. The second-order valence-corrected chi connectivity index (χ2v) is 8.83. The van der Waals surface area contributed by atoms with Crippen molar-refractivity contribution in [3.05, 3.63) is 59.7 Å². The minimum Gasteiger partial charge on any atom is -0.497 e. The number of imide groups is 1. The third-order valence-electron chi connectivity index (χ3n) is 6.86. The monoisotopic (exact) mass is 467 g/mol. The third kappa shape index (κ3) is 4.74. The molecule has 3 amide bonds. The van der Waals surface area contributed by atoms with Gasteiger partial charge in [0.1, 0.15) is 17.0 Å². The van der Waals surface area contributed by atoms with Crippen molar-refractivity contribution in [3.8, 4) is 11.5 Å². The molecule has 1 spiro atoms. The van der Waals surface area contributed by atoms with Crippen molar-refractivity contribution >= 4 is 11.9 Å². The lowest BCUT2D eigenvalue weighted by Gasteiger charge is -2.42. The van der Waals surface area contributed by atoms with Crippen LogP contribution in [-0.2, 0) is 22.6 Å². The summed E-state index contributed by atoms with van der Waals surface area (Å²) in [5, 5.41) is 0. The molecule has 0 radical (unpaired) electrons. The van der Waals surface area contributed by atoms with E-state index < -0.39 is 5.54 Å². The molecule has 0 atom stereocenters. The van der Waals surface area contributed by atoms with Gasteiger partial charge in [-0.25, -0.2) is 4.79 Å². The normalized spacial score (nSPS) is 18.1. The number of ether oxygens (including phenoxy) is 3. The quantitative estimate of drug-likeness (QED) is 0.528. The summed E-state index contributed by atoms with van der Waals surface area (Å²) in [7, 11) is 4.87. The first-order chi connectivity index (χ1) is 16.5. The van der Waals surface area contributed by atoms with Gasteiger partial charge in [-0.15, -0.1) is 0 Å². The van der Waals surface area contributed by atoms with E-state index in [2.05, 4.69) is 17.0 Å². The Kier molecular flexibility index (Phi) is 7.38. The summed E-state index contributed by atoms with van der Waals surface area (Å²) in [6.45, 7) is 3.30. The Hall–Kier alpha value is -3.10. The summed E-state index contributed by atoms with van der Waals surface area (Å²) >= 11 is 0. The fraction of sp³-hybridized carbons (Fsp3) is 0.462. The number of carbonyl (C=O) groups is 2. The summed E-state index contributed by atoms with van der Waals surface area (Å²) in [6, 6.07) is 15.3. The molecule has 0 unspecified atom stereocenters. The maximum absolute atomic E-state index is 13.7. The number of benzene rings is 2. The first-order valence-electron chi connectivity index (χ1n) is 11.6. The zero-order valence-electron chi connectivity index (χ0n) is 20.2. The molecular formula is C26H33N3O5. The number of amides is 3. The highest BCUT2D eigenvalue weighted by atomic mass is 16.5. The molecule has 2 saturated heterocycles. The number of hydrogen-bond donors (Lipinski definition) is 0. The van der Waals surface area contributed by atoms with Crippen molar-refractivity contribution < 1.29 is 23.8 Å². The molecule has 0 bridgehead atoms. The Bertz CT molecular complexity index is 1000. The Balaban J connectivity index is 1.49. The lowest BCUT2D eigenvalue weighted by atomic mass is 9.85. The first-order valence-corrected chi connectivity index (χ1v) is 11.6. The maximum Gasteiger partial charge on any atom is 0.328 e. The number of hydrogen-bond acceptors (Lipinski definition) is 6. The van der Waals surface area contributed by atoms with E-state index in [9.17, 15) is 9.59 Å². The second kappa shape index (κ2) is 10.4. The highest BCUT2D eigenvalue weighted by molar-refractivity contribution is 6.07. The van der Waals surface area contributed by atoms with Crippen LogP contribution in [0.4, 0.5) is 4.79 Å². The fourth-order valence-electron chi connectivity index (χ4n) is 4.92. The Morgan fingerprint density at radius 1 is 0.853 bits per heavy atom. The van der Waals surface area contributed by atoms with Crippen LogP contribution in [0.15, 0.2) is 48.5 Å². The highest BCUT2D eigenvalue weighted by Crippen LogP contribution is 2.38. The molecule has 0 N–H and O–H groups in total. The predicted molar refractivity (Wildman–Crippen MR) is 128 cm³/mol. The number of rotatable bonds is 9. The van der Waals surface area contributed by atoms with Gasteiger partial charge in [0.2, 0.25) is 0 Å². The van der Waals surface area contributed by atoms with Gasteiger partial charge >= 0.3 is 6.03 Å². The molecular weight excluding hydrogens is 434 g/mol. The van der Waals surface area contributed by atoms with E-state index in [1.54, 1.807) is 26.2 Å². The van der Waals surface area contributed by atoms with Gasteiger partial charge in [0, 0.05) is 33.3 Å². The van der Waals surface area contributed by atoms with Crippen molar-refractivity contribution in [2.45, 2.75) is 31.5 Å². The van der Waals surface area contributed by atoms with Gasteiger partial charge < -0.3 is 19.1 Å².